The zero-order valence-electron chi connectivity index (χ0n) is 13.2. The minimum absolute atomic E-state index is 0.306. The molecule has 0 saturated heterocycles. The number of nitrogens with one attached hydrogen (secondary N) is 1. The molecule has 0 aromatic heterocycles. The van der Waals surface area contributed by atoms with Crippen molar-refractivity contribution in [3.8, 4) is 0 Å². The first kappa shape index (κ1) is 14.8. The Hall–Kier alpha value is -0.0900. The van der Waals surface area contributed by atoms with Crippen molar-refractivity contribution >= 4 is 9.84 Å². The number of rotatable bonds is 5. The van der Waals surface area contributed by atoms with Crippen molar-refractivity contribution in [3.05, 3.63) is 0 Å². The minimum Gasteiger partial charge on any atom is -0.311 e. The average Bonchev–Trinajstić information content (AvgIpc) is 2.17. The maximum atomic E-state index is 11.2. The third kappa shape index (κ3) is 2.92. The number of hydrogen-bond acceptors (Lipinski definition) is 3. The van der Waals surface area contributed by atoms with Crippen LogP contribution in [0.1, 0.15) is 58.8 Å². The highest BCUT2D eigenvalue weighted by atomic mass is 32.2. The predicted octanol–water partition coefficient (Wildman–Crippen LogP) is 2.76. The van der Waals surface area contributed by atoms with E-state index in [9.17, 15) is 8.42 Å². The van der Waals surface area contributed by atoms with Gasteiger partial charge in [-0.15, -0.1) is 0 Å². The molecule has 4 heteroatoms. The molecule has 2 unspecified atom stereocenters. The van der Waals surface area contributed by atoms with Crippen molar-refractivity contribution in [1.82, 2.24) is 5.32 Å². The van der Waals surface area contributed by atoms with Crippen molar-refractivity contribution in [2.24, 2.45) is 16.7 Å². The monoisotopic (exact) mass is 299 g/mol. The molecule has 20 heavy (non-hydrogen) atoms. The van der Waals surface area contributed by atoms with Crippen molar-refractivity contribution < 1.29 is 8.42 Å². The van der Waals surface area contributed by atoms with E-state index >= 15 is 0 Å². The van der Waals surface area contributed by atoms with Gasteiger partial charge in [-0.1, -0.05) is 13.8 Å². The Morgan fingerprint density at radius 3 is 2.15 bits per heavy atom. The van der Waals surface area contributed by atoms with Gasteiger partial charge in [-0.05, 0) is 68.2 Å². The average molecular weight is 299 g/mol. The van der Waals surface area contributed by atoms with Gasteiger partial charge in [0.1, 0.15) is 9.84 Å². The van der Waals surface area contributed by atoms with Gasteiger partial charge < -0.3 is 5.32 Å². The van der Waals surface area contributed by atoms with Gasteiger partial charge in [0.15, 0.2) is 0 Å². The lowest BCUT2D eigenvalue weighted by molar-refractivity contribution is -0.117. The lowest BCUT2D eigenvalue weighted by Crippen LogP contribution is -2.64. The topological polar surface area (TPSA) is 46.2 Å². The van der Waals surface area contributed by atoms with E-state index in [1.807, 2.05) is 0 Å². The molecule has 0 spiro atoms. The molecule has 4 aliphatic carbocycles. The number of hydrogen-bond donors (Lipinski definition) is 1. The fraction of sp³-hybridized carbons (Fsp3) is 1.00. The van der Waals surface area contributed by atoms with Crippen LogP contribution in [0.15, 0.2) is 0 Å². The smallest absolute Gasteiger partial charge is 0.147 e. The SMILES string of the molecule is CC12CC3CC(C)(C1)CC(NCCCS(C)(=O)=O)(C3)C2. The first-order valence-electron chi connectivity index (χ1n) is 8.04. The van der Waals surface area contributed by atoms with Crippen LogP contribution in [0.25, 0.3) is 0 Å². The summed E-state index contributed by atoms with van der Waals surface area (Å²) in [5.74, 6) is 1.21. The van der Waals surface area contributed by atoms with Crippen LogP contribution < -0.4 is 5.32 Å². The second-order valence-corrected chi connectivity index (χ2v) is 11.1. The molecular weight excluding hydrogens is 270 g/mol. The molecule has 4 rings (SSSR count). The van der Waals surface area contributed by atoms with E-state index in [-0.39, 0.29) is 0 Å². The molecular formula is C16H29NO2S. The van der Waals surface area contributed by atoms with Crippen molar-refractivity contribution in [2.45, 2.75) is 64.3 Å². The van der Waals surface area contributed by atoms with E-state index in [1.54, 1.807) is 0 Å². The summed E-state index contributed by atoms with van der Waals surface area (Å²) in [4.78, 5) is 0. The summed E-state index contributed by atoms with van der Waals surface area (Å²) in [5.41, 5.74) is 1.36. The van der Waals surface area contributed by atoms with Crippen molar-refractivity contribution in [1.29, 1.82) is 0 Å². The highest BCUT2D eigenvalue weighted by molar-refractivity contribution is 7.90. The predicted molar refractivity (Wildman–Crippen MR) is 82.5 cm³/mol. The Bertz CT molecular complexity index is 481. The maximum absolute atomic E-state index is 11.2. The van der Waals surface area contributed by atoms with Crippen LogP contribution in [0.2, 0.25) is 0 Å². The molecule has 0 heterocycles. The molecule has 4 bridgehead atoms. The molecule has 116 valence electrons. The van der Waals surface area contributed by atoms with E-state index in [0.717, 1.165) is 18.9 Å². The molecule has 0 aromatic carbocycles. The lowest BCUT2D eigenvalue weighted by atomic mass is 9.43. The fourth-order valence-electron chi connectivity index (χ4n) is 6.33. The first-order chi connectivity index (χ1) is 9.11. The van der Waals surface area contributed by atoms with Gasteiger partial charge in [-0.3, -0.25) is 0 Å². The van der Waals surface area contributed by atoms with E-state index in [2.05, 4.69) is 19.2 Å². The van der Waals surface area contributed by atoms with Crippen LogP contribution in [-0.4, -0.2) is 32.5 Å². The Morgan fingerprint density at radius 2 is 1.65 bits per heavy atom. The summed E-state index contributed by atoms with van der Waals surface area (Å²) in [6, 6.07) is 0. The van der Waals surface area contributed by atoms with E-state index in [1.165, 1.54) is 44.8 Å². The normalized spacial score (nSPS) is 46.9. The lowest BCUT2D eigenvalue weighted by Gasteiger charge is -2.65. The highest BCUT2D eigenvalue weighted by Crippen LogP contribution is 2.66. The number of sulfone groups is 1. The summed E-state index contributed by atoms with van der Waals surface area (Å²) in [5, 5.41) is 3.79. The Kier molecular flexibility index (Phi) is 3.30. The van der Waals surface area contributed by atoms with E-state index in [4.69, 9.17) is 0 Å². The summed E-state index contributed by atoms with van der Waals surface area (Å²) in [6.07, 6.45) is 10.2. The molecule has 2 atom stereocenters. The highest BCUT2D eigenvalue weighted by Gasteiger charge is 2.59. The molecule has 0 amide bonds. The molecule has 1 N–H and O–H groups in total. The molecule has 4 fully saturated rings. The quantitative estimate of drug-likeness (QED) is 0.794. The largest absolute Gasteiger partial charge is 0.311 e. The van der Waals surface area contributed by atoms with Gasteiger partial charge in [-0.25, -0.2) is 8.42 Å². The standard InChI is InChI=1S/C16H29NO2S/c1-14-7-13-8-15(2,10-14)12-16(9-13,11-14)17-5-4-6-20(3,18)19/h13,17H,4-12H2,1-3H3. The summed E-state index contributed by atoms with van der Waals surface area (Å²) < 4.78 is 22.5. The van der Waals surface area contributed by atoms with Gasteiger partial charge >= 0.3 is 0 Å². The molecule has 4 saturated carbocycles. The molecule has 0 radical (unpaired) electrons. The molecule has 3 nitrogen and oxygen atoms in total. The van der Waals surface area contributed by atoms with Crippen LogP contribution in [-0.2, 0) is 9.84 Å². The van der Waals surface area contributed by atoms with Crippen LogP contribution in [0.4, 0.5) is 0 Å². The Morgan fingerprint density at radius 1 is 1.05 bits per heavy atom. The summed E-state index contributed by atoms with van der Waals surface area (Å²) >= 11 is 0. The Labute approximate surface area is 123 Å². The van der Waals surface area contributed by atoms with Crippen LogP contribution in [0, 0.1) is 16.7 Å². The van der Waals surface area contributed by atoms with Gasteiger partial charge in [0.05, 0.1) is 5.75 Å². The van der Waals surface area contributed by atoms with Crippen LogP contribution in [0.3, 0.4) is 0 Å². The van der Waals surface area contributed by atoms with E-state index < -0.39 is 9.84 Å². The third-order valence-corrected chi connectivity index (χ3v) is 6.85. The van der Waals surface area contributed by atoms with Gasteiger partial charge in [0, 0.05) is 11.8 Å². The fourth-order valence-corrected chi connectivity index (χ4v) is 7.00. The molecule has 4 aliphatic rings. The maximum Gasteiger partial charge on any atom is 0.147 e. The van der Waals surface area contributed by atoms with Gasteiger partial charge in [0.25, 0.3) is 0 Å². The second kappa shape index (κ2) is 4.45. The zero-order valence-corrected chi connectivity index (χ0v) is 14.0. The van der Waals surface area contributed by atoms with Crippen LogP contribution in [0.5, 0.6) is 0 Å². The van der Waals surface area contributed by atoms with E-state index in [0.29, 0.717) is 22.1 Å². The third-order valence-electron chi connectivity index (χ3n) is 5.82. The van der Waals surface area contributed by atoms with Crippen molar-refractivity contribution in [2.75, 3.05) is 18.6 Å². The molecule has 0 aromatic rings. The second-order valence-electron chi connectivity index (χ2n) is 8.82. The van der Waals surface area contributed by atoms with Crippen LogP contribution >= 0.6 is 0 Å². The van der Waals surface area contributed by atoms with Gasteiger partial charge in [-0.2, -0.15) is 0 Å². The minimum atomic E-state index is -2.82. The van der Waals surface area contributed by atoms with Gasteiger partial charge in [0.2, 0.25) is 0 Å². The zero-order chi connectivity index (χ0) is 14.6. The summed E-state index contributed by atoms with van der Waals surface area (Å²) in [6.45, 7) is 5.80. The molecule has 0 aliphatic heterocycles. The Balaban J connectivity index is 1.64. The summed E-state index contributed by atoms with van der Waals surface area (Å²) in [7, 11) is -2.82. The first-order valence-corrected chi connectivity index (χ1v) is 10.1. The van der Waals surface area contributed by atoms with Crippen molar-refractivity contribution in [3.63, 3.8) is 0 Å².